The first-order chi connectivity index (χ1) is 14.7. The smallest absolute Gasteiger partial charge is 0.163 e. The highest BCUT2D eigenvalue weighted by molar-refractivity contribution is 5.90. The van der Waals surface area contributed by atoms with E-state index in [1.54, 1.807) is 19.5 Å². The first-order valence-corrected chi connectivity index (χ1v) is 10.0. The number of para-hydroxylation sites is 1. The minimum Gasteiger partial charge on any atom is -0.497 e. The van der Waals surface area contributed by atoms with Gasteiger partial charge in [-0.15, -0.1) is 0 Å². The Morgan fingerprint density at radius 2 is 1.77 bits per heavy atom. The van der Waals surface area contributed by atoms with Crippen LogP contribution in [0.25, 0.3) is 22.3 Å². The fraction of sp³-hybridized carbons (Fsp3) is 0.208. The molecular weight excluding hydrogens is 374 g/mol. The van der Waals surface area contributed by atoms with Crippen molar-refractivity contribution in [1.82, 2.24) is 15.0 Å². The lowest BCUT2D eigenvalue weighted by atomic mass is 10.1. The molecule has 152 valence electrons. The van der Waals surface area contributed by atoms with Crippen LogP contribution < -0.4 is 15.0 Å². The molecule has 0 unspecified atom stereocenters. The summed E-state index contributed by atoms with van der Waals surface area (Å²) >= 11 is 0. The Morgan fingerprint density at radius 1 is 0.967 bits per heavy atom. The Bertz CT molecular complexity index is 1110. The van der Waals surface area contributed by atoms with Crippen molar-refractivity contribution in [2.75, 3.05) is 33.1 Å². The number of nitrogens with one attached hydrogen (secondary N) is 2. The number of fused-ring (bicyclic) bond motifs is 1. The fourth-order valence-electron chi connectivity index (χ4n) is 3.53. The molecule has 2 aromatic heterocycles. The number of rotatable bonds is 7. The van der Waals surface area contributed by atoms with Crippen molar-refractivity contribution in [1.29, 1.82) is 0 Å². The van der Waals surface area contributed by atoms with E-state index in [2.05, 4.69) is 42.6 Å². The van der Waals surface area contributed by atoms with Crippen molar-refractivity contribution < 1.29 is 9.64 Å². The van der Waals surface area contributed by atoms with Crippen molar-refractivity contribution in [2.45, 2.75) is 6.04 Å². The molecular formula is C24H26N5O+. The van der Waals surface area contributed by atoms with E-state index in [1.807, 2.05) is 42.5 Å². The van der Waals surface area contributed by atoms with E-state index in [-0.39, 0.29) is 6.04 Å². The molecule has 0 aliphatic heterocycles. The fourth-order valence-corrected chi connectivity index (χ4v) is 3.53. The SMILES string of the molecule is COc1ccc([C@@H](CNc2nc(-c3cccnc3)nc3ccccc23)[NH+](C)C)cc1. The number of quaternary nitrogens is 1. The maximum Gasteiger partial charge on any atom is 0.163 e. The Hall–Kier alpha value is -3.51. The Balaban J connectivity index is 1.66. The molecule has 0 saturated heterocycles. The highest BCUT2D eigenvalue weighted by atomic mass is 16.5. The van der Waals surface area contributed by atoms with Crippen LogP contribution in [0.1, 0.15) is 11.6 Å². The van der Waals surface area contributed by atoms with Gasteiger partial charge in [-0.05, 0) is 48.5 Å². The molecule has 2 aromatic carbocycles. The molecule has 0 saturated carbocycles. The monoisotopic (exact) mass is 400 g/mol. The average molecular weight is 401 g/mol. The number of hydrogen-bond donors (Lipinski definition) is 2. The van der Waals surface area contributed by atoms with Crippen molar-refractivity contribution in [3.05, 3.63) is 78.6 Å². The molecule has 6 nitrogen and oxygen atoms in total. The summed E-state index contributed by atoms with van der Waals surface area (Å²) in [5.74, 6) is 2.36. The lowest BCUT2D eigenvalue weighted by Gasteiger charge is -2.23. The van der Waals surface area contributed by atoms with Crippen LogP contribution in [0.15, 0.2) is 73.1 Å². The molecule has 1 atom stereocenters. The number of pyridine rings is 1. The summed E-state index contributed by atoms with van der Waals surface area (Å²) < 4.78 is 5.30. The van der Waals surface area contributed by atoms with Gasteiger partial charge in [-0.2, -0.15) is 0 Å². The number of likely N-dealkylation sites (N-methyl/N-ethyl adjacent to an activating group) is 1. The molecule has 0 fully saturated rings. The molecule has 6 heteroatoms. The van der Waals surface area contributed by atoms with Crippen LogP contribution in [-0.2, 0) is 0 Å². The zero-order valence-electron chi connectivity index (χ0n) is 17.5. The number of methoxy groups -OCH3 is 1. The van der Waals surface area contributed by atoms with Gasteiger partial charge in [0.2, 0.25) is 0 Å². The quantitative estimate of drug-likeness (QED) is 0.499. The van der Waals surface area contributed by atoms with Gasteiger partial charge in [0.25, 0.3) is 0 Å². The standard InChI is InChI=1S/C24H25N5O/c1-29(2)22(17-10-12-19(30-3)13-11-17)16-26-24-20-8-4-5-9-21(20)27-23(28-24)18-7-6-14-25-15-18/h4-15,22H,16H2,1-3H3,(H,26,27,28)/p+1/t22-/m1/s1. The normalized spacial score (nSPS) is 12.1. The molecule has 0 amide bonds. The van der Waals surface area contributed by atoms with E-state index in [1.165, 1.54) is 10.5 Å². The Labute approximate surface area is 176 Å². The van der Waals surface area contributed by atoms with E-state index in [0.717, 1.165) is 34.6 Å². The largest absolute Gasteiger partial charge is 0.497 e. The van der Waals surface area contributed by atoms with Gasteiger partial charge in [-0.3, -0.25) is 4.98 Å². The van der Waals surface area contributed by atoms with Crippen LogP contribution in [0.4, 0.5) is 5.82 Å². The van der Waals surface area contributed by atoms with Gasteiger partial charge in [-0.1, -0.05) is 12.1 Å². The van der Waals surface area contributed by atoms with E-state index < -0.39 is 0 Å². The second-order valence-corrected chi connectivity index (χ2v) is 7.44. The summed E-state index contributed by atoms with van der Waals surface area (Å²) in [6, 6.07) is 20.5. The molecule has 30 heavy (non-hydrogen) atoms. The minimum absolute atomic E-state index is 0.256. The van der Waals surface area contributed by atoms with Gasteiger partial charge < -0.3 is 15.0 Å². The number of benzene rings is 2. The van der Waals surface area contributed by atoms with Gasteiger partial charge in [0.05, 0.1) is 33.3 Å². The molecule has 0 aliphatic rings. The molecule has 0 spiro atoms. The average Bonchev–Trinajstić information content (AvgIpc) is 2.79. The van der Waals surface area contributed by atoms with Gasteiger partial charge in [-0.25, -0.2) is 9.97 Å². The van der Waals surface area contributed by atoms with Crippen LogP contribution in [0.3, 0.4) is 0 Å². The summed E-state index contributed by atoms with van der Waals surface area (Å²) in [5, 5.41) is 4.59. The van der Waals surface area contributed by atoms with Gasteiger partial charge in [0, 0.05) is 28.9 Å². The lowest BCUT2D eigenvalue weighted by molar-refractivity contribution is -0.890. The molecule has 0 radical (unpaired) electrons. The summed E-state index contributed by atoms with van der Waals surface area (Å²) in [6.45, 7) is 0.738. The van der Waals surface area contributed by atoms with Gasteiger partial charge in [0.15, 0.2) is 5.82 Å². The molecule has 2 heterocycles. The van der Waals surface area contributed by atoms with Crippen molar-refractivity contribution >= 4 is 16.7 Å². The summed E-state index contributed by atoms with van der Waals surface area (Å²) in [5.41, 5.74) is 3.05. The van der Waals surface area contributed by atoms with E-state index in [9.17, 15) is 0 Å². The van der Waals surface area contributed by atoms with Crippen LogP contribution in [0.2, 0.25) is 0 Å². The van der Waals surface area contributed by atoms with Gasteiger partial charge in [0.1, 0.15) is 17.6 Å². The zero-order valence-corrected chi connectivity index (χ0v) is 17.5. The summed E-state index contributed by atoms with van der Waals surface area (Å²) in [7, 11) is 6.01. The van der Waals surface area contributed by atoms with E-state index >= 15 is 0 Å². The third kappa shape index (κ3) is 4.23. The lowest BCUT2D eigenvalue weighted by Crippen LogP contribution is -3.06. The minimum atomic E-state index is 0.256. The predicted molar refractivity (Wildman–Crippen MR) is 120 cm³/mol. The van der Waals surface area contributed by atoms with E-state index in [0.29, 0.717) is 5.82 Å². The molecule has 2 N–H and O–H groups in total. The number of nitrogens with zero attached hydrogens (tertiary/aromatic N) is 3. The first kappa shape index (κ1) is 19.8. The highest BCUT2D eigenvalue weighted by Crippen LogP contribution is 2.25. The molecule has 0 bridgehead atoms. The third-order valence-electron chi connectivity index (χ3n) is 5.21. The number of ether oxygens (including phenoxy) is 1. The second-order valence-electron chi connectivity index (χ2n) is 7.44. The van der Waals surface area contributed by atoms with Crippen LogP contribution in [0.5, 0.6) is 5.75 Å². The van der Waals surface area contributed by atoms with Crippen molar-refractivity contribution in [3.8, 4) is 17.1 Å². The highest BCUT2D eigenvalue weighted by Gasteiger charge is 2.19. The van der Waals surface area contributed by atoms with Crippen LogP contribution >= 0.6 is 0 Å². The number of aromatic nitrogens is 3. The maximum atomic E-state index is 5.30. The molecule has 0 aliphatic carbocycles. The molecule has 4 rings (SSSR count). The van der Waals surface area contributed by atoms with E-state index in [4.69, 9.17) is 14.7 Å². The number of anilines is 1. The number of hydrogen-bond acceptors (Lipinski definition) is 5. The predicted octanol–water partition coefficient (Wildman–Crippen LogP) is 3.00. The Kier molecular flexibility index (Phi) is 5.86. The zero-order chi connectivity index (χ0) is 20.9. The molecule has 4 aromatic rings. The summed E-state index contributed by atoms with van der Waals surface area (Å²) in [4.78, 5) is 15.1. The summed E-state index contributed by atoms with van der Waals surface area (Å²) in [6.07, 6.45) is 3.54. The van der Waals surface area contributed by atoms with Crippen LogP contribution in [-0.4, -0.2) is 42.7 Å². The van der Waals surface area contributed by atoms with Crippen LogP contribution in [0, 0.1) is 0 Å². The first-order valence-electron chi connectivity index (χ1n) is 10.0. The second kappa shape index (κ2) is 8.88. The third-order valence-corrected chi connectivity index (χ3v) is 5.21. The van der Waals surface area contributed by atoms with Crippen molar-refractivity contribution in [2.24, 2.45) is 0 Å². The topological polar surface area (TPSA) is 64.4 Å². The maximum absolute atomic E-state index is 5.30. The van der Waals surface area contributed by atoms with Crippen molar-refractivity contribution in [3.63, 3.8) is 0 Å². The Morgan fingerprint density at radius 3 is 2.47 bits per heavy atom. The van der Waals surface area contributed by atoms with Gasteiger partial charge >= 0.3 is 0 Å².